The Labute approximate surface area is 174 Å². The van der Waals surface area contributed by atoms with Crippen molar-refractivity contribution in [2.45, 2.75) is 19.9 Å². The lowest BCUT2D eigenvalue weighted by Crippen LogP contribution is -2.33. The minimum absolute atomic E-state index is 0.148. The molecule has 0 spiro atoms. The summed E-state index contributed by atoms with van der Waals surface area (Å²) in [6, 6.07) is 10.7. The van der Waals surface area contributed by atoms with Crippen LogP contribution in [0.25, 0.3) is 10.9 Å². The first-order chi connectivity index (χ1) is 14.5. The largest absolute Gasteiger partial charge is 0.496 e. The number of rotatable bonds is 8. The van der Waals surface area contributed by atoms with Crippen LogP contribution < -0.4 is 25.1 Å². The molecule has 2 aromatic carbocycles. The highest BCUT2D eigenvalue weighted by molar-refractivity contribution is 5.82. The Kier molecular flexibility index (Phi) is 6.56. The predicted molar refractivity (Wildman–Crippen MR) is 114 cm³/mol. The first kappa shape index (κ1) is 21.2. The number of benzene rings is 2. The Balaban J connectivity index is 1.74. The first-order valence-electron chi connectivity index (χ1n) is 9.50. The van der Waals surface area contributed by atoms with Gasteiger partial charge in [0.2, 0.25) is 5.91 Å². The van der Waals surface area contributed by atoms with Crippen molar-refractivity contribution in [3.8, 4) is 17.2 Å². The number of carbonyl (C=O) groups is 1. The Morgan fingerprint density at radius 2 is 1.70 bits per heavy atom. The number of aryl methyl sites for hydroxylation is 1. The van der Waals surface area contributed by atoms with Gasteiger partial charge < -0.3 is 19.5 Å². The number of carbonyl (C=O) groups excluding carboxylic acids is 1. The second-order valence-electron chi connectivity index (χ2n) is 6.68. The number of amides is 1. The summed E-state index contributed by atoms with van der Waals surface area (Å²) in [5.41, 5.74) is 1.14. The number of para-hydroxylation sites is 1. The van der Waals surface area contributed by atoms with E-state index in [1.807, 2.05) is 24.3 Å². The number of fused-ring (bicyclic) bond motifs is 1. The number of nitrogens with one attached hydrogen (secondary N) is 1. The van der Waals surface area contributed by atoms with Gasteiger partial charge in [0.1, 0.15) is 11.6 Å². The summed E-state index contributed by atoms with van der Waals surface area (Å²) in [6.45, 7) is 2.36. The molecule has 0 atom stereocenters. The maximum Gasteiger partial charge on any atom is 0.261 e. The molecule has 1 amide bonds. The molecule has 158 valence electrons. The van der Waals surface area contributed by atoms with Gasteiger partial charge in [0, 0.05) is 24.7 Å². The normalized spacial score (nSPS) is 10.7. The molecule has 0 radical (unpaired) electrons. The number of hydrogen-bond donors (Lipinski definition) is 1. The summed E-state index contributed by atoms with van der Waals surface area (Å²) in [5, 5.41) is 3.28. The molecule has 30 heavy (non-hydrogen) atoms. The lowest BCUT2D eigenvalue weighted by Gasteiger charge is -2.14. The molecule has 0 fully saturated rings. The van der Waals surface area contributed by atoms with E-state index < -0.39 is 0 Å². The summed E-state index contributed by atoms with van der Waals surface area (Å²) < 4.78 is 17.4. The Bertz CT molecular complexity index is 1120. The van der Waals surface area contributed by atoms with Crippen molar-refractivity contribution in [2.75, 3.05) is 27.9 Å². The van der Waals surface area contributed by atoms with Crippen LogP contribution >= 0.6 is 0 Å². The molecule has 0 bridgehead atoms. The second kappa shape index (κ2) is 9.30. The molecule has 0 aliphatic heterocycles. The van der Waals surface area contributed by atoms with Crippen LogP contribution in [-0.2, 0) is 17.8 Å². The summed E-state index contributed by atoms with van der Waals surface area (Å²) in [5.74, 6) is 2.05. The molecule has 1 heterocycles. The van der Waals surface area contributed by atoms with Crippen molar-refractivity contribution in [1.29, 1.82) is 0 Å². The number of nitrogens with zero attached hydrogens (tertiary/aromatic N) is 2. The average Bonchev–Trinajstić information content (AvgIpc) is 2.75. The highest BCUT2D eigenvalue weighted by atomic mass is 16.5. The summed E-state index contributed by atoms with van der Waals surface area (Å²) in [6.07, 6.45) is 0.199. The average molecular weight is 411 g/mol. The van der Waals surface area contributed by atoms with Gasteiger partial charge in [-0.05, 0) is 19.1 Å². The van der Waals surface area contributed by atoms with Gasteiger partial charge in [-0.2, -0.15) is 0 Å². The molecule has 3 aromatic rings. The van der Waals surface area contributed by atoms with E-state index in [9.17, 15) is 9.59 Å². The van der Waals surface area contributed by atoms with Crippen molar-refractivity contribution < 1.29 is 19.0 Å². The standard InChI is InChI=1S/C22H25N3O5/c1-14-24-17-13-20(30-4)19(29-3)12-16(17)22(27)25(14)10-9-23-21(26)11-15-7-5-6-8-18(15)28-2/h5-8,12-13H,9-11H2,1-4H3,(H,23,26). The lowest BCUT2D eigenvalue weighted by atomic mass is 10.1. The molecule has 0 aliphatic rings. The van der Waals surface area contributed by atoms with E-state index in [-0.39, 0.29) is 17.9 Å². The topological polar surface area (TPSA) is 91.7 Å². The fourth-order valence-corrected chi connectivity index (χ4v) is 3.31. The monoisotopic (exact) mass is 411 g/mol. The molecule has 8 heteroatoms. The van der Waals surface area contributed by atoms with Gasteiger partial charge >= 0.3 is 0 Å². The third-order valence-corrected chi connectivity index (χ3v) is 4.85. The lowest BCUT2D eigenvalue weighted by molar-refractivity contribution is -0.120. The Hall–Kier alpha value is -3.55. The minimum atomic E-state index is -0.197. The predicted octanol–water partition coefficient (Wildman–Crippen LogP) is 2.09. The second-order valence-corrected chi connectivity index (χ2v) is 6.68. The molecular weight excluding hydrogens is 386 g/mol. The Morgan fingerprint density at radius 1 is 1.03 bits per heavy atom. The van der Waals surface area contributed by atoms with Gasteiger partial charge in [-0.25, -0.2) is 4.98 Å². The Morgan fingerprint density at radius 3 is 2.40 bits per heavy atom. The van der Waals surface area contributed by atoms with E-state index in [0.717, 1.165) is 5.56 Å². The van der Waals surface area contributed by atoms with Crippen LogP contribution in [0.4, 0.5) is 0 Å². The van der Waals surface area contributed by atoms with E-state index in [0.29, 0.717) is 47.1 Å². The van der Waals surface area contributed by atoms with Crippen LogP contribution in [0, 0.1) is 6.92 Å². The van der Waals surface area contributed by atoms with Crippen molar-refractivity contribution in [1.82, 2.24) is 14.9 Å². The van der Waals surface area contributed by atoms with Crippen LogP contribution in [-0.4, -0.2) is 43.3 Å². The molecule has 0 unspecified atom stereocenters. The van der Waals surface area contributed by atoms with Gasteiger partial charge in [0.25, 0.3) is 5.56 Å². The van der Waals surface area contributed by atoms with E-state index >= 15 is 0 Å². The highest BCUT2D eigenvalue weighted by Crippen LogP contribution is 2.30. The molecule has 8 nitrogen and oxygen atoms in total. The third-order valence-electron chi connectivity index (χ3n) is 4.85. The molecule has 3 rings (SSSR count). The SMILES string of the molecule is COc1ccccc1CC(=O)NCCn1c(C)nc2cc(OC)c(OC)cc2c1=O. The van der Waals surface area contributed by atoms with Crippen LogP contribution in [0.3, 0.4) is 0 Å². The summed E-state index contributed by atoms with van der Waals surface area (Å²) in [7, 11) is 4.62. The minimum Gasteiger partial charge on any atom is -0.496 e. The van der Waals surface area contributed by atoms with Crippen LogP contribution in [0.1, 0.15) is 11.4 Å². The fourth-order valence-electron chi connectivity index (χ4n) is 3.31. The van der Waals surface area contributed by atoms with Crippen LogP contribution in [0.15, 0.2) is 41.2 Å². The van der Waals surface area contributed by atoms with Gasteiger partial charge in [-0.3, -0.25) is 14.2 Å². The summed E-state index contributed by atoms with van der Waals surface area (Å²) >= 11 is 0. The zero-order valence-electron chi connectivity index (χ0n) is 17.5. The number of methoxy groups -OCH3 is 3. The molecule has 1 N–H and O–H groups in total. The zero-order chi connectivity index (χ0) is 21.7. The fraction of sp³-hybridized carbons (Fsp3) is 0.318. The quantitative estimate of drug-likeness (QED) is 0.610. The molecule has 1 aromatic heterocycles. The molecule has 0 saturated heterocycles. The maximum atomic E-state index is 13.0. The van der Waals surface area contributed by atoms with Crippen molar-refractivity contribution in [3.05, 3.63) is 58.1 Å². The van der Waals surface area contributed by atoms with Gasteiger partial charge in [0.15, 0.2) is 11.5 Å². The third kappa shape index (κ3) is 4.37. The van der Waals surface area contributed by atoms with Crippen LogP contribution in [0.5, 0.6) is 17.2 Å². The van der Waals surface area contributed by atoms with E-state index in [2.05, 4.69) is 10.3 Å². The van der Waals surface area contributed by atoms with E-state index in [1.165, 1.54) is 18.8 Å². The van der Waals surface area contributed by atoms with E-state index in [4.69, 9.17) is 14.2 Å². The van der Waals surface area contributed by atoms with E-state index in [1.54, 1.807) is 26.2 Å². The first-order valence-corrected chi connectivity index (χ1v) is 9.50. The highest BCUT2D eigenvalue weighted by Gasteiger charge is 2.14. The maximum absolute atomic E-state index is 13.0. The van der Waals surface area contributed by atoms with Crippen molar-refractivity contribution in [3.63, 3.8) is 0 Å². The number of ether oxygens (including phenoxy) is 3. The van der Waals surface area contributed by atoms with Gasteiger partial charge in [0.05, 0.1) is 38.7 Å². The van der Waals surface area contributed by atoms with Crippen molar-refractivity contribution >= 4 is 16.8 Å². The van der Waals surface area contributed by atoms with Crippen molar-refractivity contribution in [2.24, 2.45) is 0 Å². The molecule has 0 saturated carbocycles. The molecular formula is C22H25N3O5. The number of hydrogen-bond acceptors (Lipinski definition) is 6. The molecule has 0 aliphatic carbocycles. The van der Waals surface area contributed by atoms with Crippen LogP contribution in [0.2, 0.25) is 0 Å². The summed E-state index contributed by atoms with van der Waals surface area (Å²) in [4.78, 5) is 29.8. The van der Waals surface area contributed by atoms with Gasteiger partial charge in [-0.15, -0.1) is 0 Å². The smallest absolute Gasteiger partial charge is 0.261 e. The van der Waals surface area contributed by atoms with Gasteiger partial charge in [-0.1, -0.05) is 18.2 Å². The number of aromatic nitrogens is 2. The zero-order valence-corrected chi connectivity index (χ0v) is 17.5.